The Bertz CT molecular complexity index is 1160. The smallest absolute Gasteiger partial charge is 0.343 e. The van der Waals surface area contributed by atoms with Crippen LogP contribution in [-0.4, -0.2) is 46.5 Å². The number of benzene rings is 1. The summed E-state index contributed by atoms with van der Waals surface area (Å²) in [6.45, 7) is -0.209. The second-order valence-corrected chi connectivity index (χ2v) is 7.68. The Morgan fingerprint density at radius 1 is 1.23 bits per heavy atom. The van der Waals surface area contributed by atoms with E-state index in [2.05, 4.69) is 14.8 Å². The van der Waals surface area contributed by atoms with Crippen molar-refractivity contribution in [3.8, 4) is 22.9 Å². The second kappa shape index (κ2) is 8.79. The van der Waals surface area contributed by atoms with Crippen molar-refractivity contribution in [2.75, 3.05) is 20.8 Å². The maximum atomic E-state index is 13.1. The molecule has 4 rings (SSSR count). The number of aromatic amines is 1. The number of fused-ring (bicyclic) bond motifs is 1. The molecule has 0 unspecified atom stereocenters. The summed E-state index contributed by atoms with van der Waals surface area (Å²) in [4.78, 5) is 32.0. The fourth-order valence-electron chi connectivity index (χ4n) is 4.13. The number of carbonyl (C=O) groups excluding carboxylic acids is 1. The van der Waals surface area contributed by atoms with Gasteiger partial charge in [-0.3, -0.25) is 4.79 Å². The quantitative estimate of drug-likeness (QED) is 0.604. The lowest BCUT2D eigenvalue weighted by Crippen LogP contribution is -2.14. The summed E-state index contributed by atoms with van der Waals surface area (Å²) < 4.78 is 17.1. The summed E-state index contributed by atoms with van der Waals surface area (Å²) in [5, 5.41) is 5.22. The average molecular weight is 426 g/mol. The van der Waals surface area contributed by atoms with Gasteiger partial charge in [0.25, 0.3) is 5.56 Å². The Kier molecular flexibility index (Phi) is 5.92. The number of esters is 1. The molecule has 1 saturated carbocycles. The number of hydrogen-bond acceptors (Lipinski definition) is 7. The Morgan fingerprint density at radius 3 is 2.71 bits per heavy atom. The van der Waals surface area contributed by atoms with E-state index >= 15 is 0 Å². The van der Waals surface area contributed by atoms with E-state index < -0.39 is 5.97 Å². The minimum atomic E-state index is -0.482. The topological polar surface area (TPSA) is 108 Å². The van der Waals surface area contributed by atoms with Gasteiger partial charge < -0.3 is 19.2 Å². The highest BCUT2D eigenvalue weighted by Gasteiger charge is 2.25. The highest BCUT2D eigenvalue weighted by atomic mass is 16.6. The van der Waals surface area contributed by atoms with Crippen molar-refractivity contribution in [1.29, 1.82) is 0 Å². The third-order valence-electron chi connectivity index (χ3n) is 5.73. The molecule has 1 aliphatic rings. The molecule has 0 radical (unpaired) electrons. The van der Waals surface area contributed by atoms with E-state index in [0.29, 0.717) is 39.8 Å². The van der Waals surface area contributed by atoms with E-state index in [1.807, 2.05) is 7.05 Å². The fraction of sp³-hybridized carbons (Fsp3) is 0.455. The van der Waals surface area contributed by atoms with Crippen LogP contribution in [0.1, 0.15) is 43.7 Å². The van der Waals surface area contributed by atoms with Crippen LogP contribution < -0.4 is 15.0 Å². The molecule has 0 atom stereocenters. The molecule has 3 aromatic rings. The lowest BCUT2D eigenvalue weighted by Gasteiger charge is -2.19. The van der Waals surface area contributed by atoms with Gasteiger partial charge in [-0.05, 0) is 25.0 Å². The van der Waals surface area contributed by atoms with E-state index in [1.54, 1.807) is 22.9 Å². The van der Waals surface area contributed by atoms with Gasteiger partial charge in [0, 0.05) is 19.0 Å². The molecule has 2 aromatic heterocycles. The van der Waals surface area contributed by atoms with Gasteiger partial charge in [-0.15, -0.1) is 0 Å². The number of carbonyl (C=O) groups is 1. The number of H-pyrrole nitrogens is 1. The van der Waals surface area contributed by atoms with Gasteiger partial charge in [-0.2, -0.15) is 5.10 Å². The van der Waals surface area contributed by atoms with Gasteiger partial charge in [0.15, 0.2) is 12.3 Å². The first-order valence-corrected chi connectivity index (χ1v) is 10.4. The van der Waals surface area contributed by atoms with Gasteiger partial charge in [0.2, 0.25) is 0 Å². The van der Waals surface area contributed by atoms with Crippen LogP contribution in [0.3, 0.4) is 0 Å². The van der Waals surface area contributed by atoms with Gasteiger partial charge in [0.05, 0.1) is 25.5 Å². The van der Waals surface area contributed by atoms with Crippen LogP contribution in [0, 0.1) is 0 Å². The Morgan fingerprint density at radius 2 is 2.00 bits per heavy atom. The fourth-order valence-corrected chi connectivity index (χ4v) is 4.13. The standard InChI is InChI=1S/C22H26N4O5/c1-26-21-18(19(25-26)13-7-5-4-6-8-13)22(28)24-20(23-21)15-10-9-14(11-16(15)29-2)31-12-17(27)30-3/h9-11,13H,4-8,12H2,1-3H3,(H,23,24,28). The zero-order chi connectivity index (χ0) is 22.0. The van der Waals surface area contributed by atoms with Crippen molar-refractivity contribution in [3.63, 3.8) is 0 Å². The highest BCUT2D eigenvalue weighted by molar-refractivity contribution is 5.80. The second-order valence-electron chi connectivity index (χ2n) is 7.68. The zero-order valence-corrected chi connectivity index (χ0v) is 17.9. The summed E-state index contributed by atoms with van der Waals surface area (Å²) in [6, 6.07) is 5.05. The van der Waals surface area contributed by atoms with Crippen molar-refractivity contribution in [2.45, 2.75) is 38.0 Å². The molecule has 0 aliphatic heterocycles. The normalized spacial score (nSPS) is 14.5. The minimum absolute atomic E-state index is 0.207. The van der Waals surface area contributed by atoms with E-state index in [1.165, 1.54) is 20.6 Å². The van der Waals surface area contributed by atoms with E-state index in [-0.39, 0.29) is 12.2 Å². The summed E-state index contributed by atoms with van der Waals surface area (Å²) in [6.07, 6.45) is 5.66. The van der Waals surface area contributed by atoms with Crippen LogP contribution in [0.25, 0.3) is 22.4 Å². The molecule has 1 aliphatic carbocycles. The van der Waals surface area contributed by atoms with E-state index in [0.717, 1.165) is 31.4 Å². The van der Waals surface area contributed by atoms with Crippen LogP contribution in [0.4, 0.5) is 0 Å². The van der Waals surface area contributed by atoms with Crippen LogP contribution in [0.2, 0.25) is 0 Å². The predicted molar refractivity (Wildman–Crippen MR) is 114 cm³/mol. The summed E-state index contributed by atoms with van der Waals surface area (Å²) in [5.41, 5.74) is 1.79. The molecule has 1 aromatic carbocycles. The lowest BCUT2D eigenvalue weighted by molar-refractivity contribution is -0.142. The molecular weight excluding hydrogens is 400 g/mol. The monoisotopic (exact) mass is 426 g/mol. The lowest BCUT2D eigenvalue weighted by atomic mass is 9.86. The number of nitrogens with zero attached hydrogens (tertiary/aromatic N) is 3. The molecular formula is C22H26N4O5. The van der Waals surface area contributed by atoms with Crippen molar-refractivity contribution in [2.24, 2.45) is 7.05 Å². The molecule has 164 valence electrons. The minimum Gasteiger partial charge on any atom is -0.496 e. The number of aryl methyl sites for hydroxylation is 1. The molecule has 1 N–H and O–H groups in total. The molecule has 1 fully saturated rings. The number of methoxy groups -OCH3 is 2. The number of hydrogen-bond donors (Lipinski definition) is 1. The third-order valence-corrected chi connectivity index (χ3v) is 5.73. The molecule has 9 nitrogen and oxygen atoms in total. The summed E-state index contributed by atoms with van der Waals surface area (Å²) in [5.74, 6) is 1.09. The Hall–Kier alpha value is -3.36. The Balaban J connectivity index is 1.72. The van der Waals surface area contributed by atoms with Gasteiger partial charge in [0.1, 0.15) is 22.7 Å². The number of aromatic nitrogens is 4. The van der Waals surface area contributed by atoms with Crippen molar-refractivity contribution in [3.05, 3.63) is 34.2 Å². The van der Waals surface area contributed by atoms with Crippen molar-refractivity contribution >= 4 is 17.0 Å². The molecule has 9 heteroatoms. The molecule has 0 amide bonds. The van der Waals surface area contributed by atoms with Crippen LogP contribution in [0.15, 0.2) is 23.0 Å². The maximum Gasteiger partial charge on any atom is 0.343 e. The van der Waals surface area contributed by atoms with Gasteiger partial charge in [-0.1, -0.05) is 19.3 Å². The number of ether oxygens (including phenoxy) is 3. The first kappa shape index (κ1) is 20.9. The summed E-state index contributed by atoms with van der Waals surface area (Å²) in [7, 11) is 4.63. The first-order valence-electron chi connectivity index (χ1n) is 10.4. The van der Waals surface area contributed by atoms with Crippen molar-refractivity contribution in [1.82, 2.24) is 19.7 Å². The van der Waals surface area contributed by atoms with E-state index in [9.17, 15) is 9.59 Å². The molecule has 0 spiro atoms. The first-order chi connectivity index (χ1) is 15.0. The molecule has 0 saturated heterocycles. The Labute approximate surface area is 179 Å². The predicted octanol–water partition coefficient (Wildman–Crippen LogP) is 2.93. The largest absolute Gasteiger partial charge is 0.496 e. The van der Waals surface area contributed by atoms with E-state index in [4.69, 9.17) is 14.5 Å². The van der Waals surface area contributed by atoms with Crippen molar-refractivity contribution < 1.29 is 19.0 Å². The number of nitrogens with one attached hydrogen (secondary N) is 1. The van der Waals surface area contributed by atoms with Gasteiger partial charge in [-0.25, -0.2) is 14.5 Å². The van der Waals surface area contributed by atoms with Gasteiger partial charge >= 0.3 is 5.97 Å². The third kappa shape index (κ3) is 4.12. The highest BCUT2D eigenvalue weighted by Crippen LogP contribution is 2.35. The maximum absolute atomic E-state index is 13.1. The average Bonchev–Trinajstić information content (AvgIpc) is 3.14. The molecule has 31 heavy (non-hydrogen) atoms. The molecule has 2 heterocycles. The van der Waals surface area contributed by atoms with Crippen LogP contribution in [0.5, 0.6) is 11.5 Å². The zero-order valence-electron chi connectivity index (χ0n) is 17.9. The SMILES string of the molecule is COC(=O)COc1ccc(-c2nc3c(c(C4CCCCC4)nn3C)c(=O)[nH]2)c(OC)c1. The number of rotatable bonds is 6. The molecule has 0 bridgehead atoms. The van der Waals surface area contributed by atoms with Crippen LogP contribution in [-0.2, 0) is 16.6 Å². The summed E-state index contributed by atoms with van der Waals surface area (Å²) >= 11 is 0. The van der Waals surface area contributed by atoms with Crippen LogP contribution >= 0.6 is 0 Å².